The first kappa shape index (κ1) is 16.0. The molecular weight excluding hydrogens is 108 g/mol. The maximum atomic E-state index is 2.21. The summed E-state index contributed by atoms with van der Waals surface area (Å²) in [4.78, 5) is 0. The van der Waals surface area contributed by atoms with Gasteiger partial charge >= 0.3 is 0 Å². The number of rotatable bonds is 2. The summed E-state index contributed by atoms with van der Waals surface area (Å²) in [6, 6.07) is 0. The van der Waals surface area contributed by atoms with Crippen molar-refractivity contribution in [3.63, 3.8) is 0 Å². The van der Waals surface area contributed by atoms with Crippen molar-refractivity contribution in [1.29, 1.82) is 0 Å². The molecule has 9 heavy (non-hydrogen) atoms. The highest BCUT2D eigenvalue weighted by atomic mass is 13.7. The van der Waals surface area contributed by atoms with Crippen molar-refractivity contribution in [3.05, 3.63) is 0 Å². The Morgan fingerprint density at radius 3 is 1.00 bits per heavy atom. The Labute approximate surface area is 61.7 Å². The molecule has 0 aromatic carbocycles. The van der Waals surface area contributed by atoms with Gasteiger partial charge in [-0.05, 0) is 0 Å². The highest BCUT2D eigenvalue weighted by molar-refractivity contribution is 4.24. The molecule has 0 saturated heterocycles. The summed E-state index contributed by atoms with van der Waals surface area (Å²) in [6.45, 7) is 8.67. The number of hydrogen-bond acceptors (Lipinski definition) is 0. The average molecular weight is 132 g/mol. The summed E-state index contributed by atoms with van der Waals surface area (Å²) in [6.07, 6.45) is 5.33. The van der Waals surface area contributed by atoms with E-state index in [-0.39, 0.29) is 7.43 Å². The van der Waals surface area contributed by atoms with Crippen LogP contribution in [0.4, 0.5) is 0 Å². The molecular formula is C9H24. The molecule has 0 aromatic heterocycles. The Morgan fingerprint density at radius 1 is 0.778 bits per heavy atom. The molecule has 0 N–H and O–H groups in total. The highest BCUT2D eigenvalue weighted by Crippen LogP contribution is 1.88. The molecule has 0 aliphatic carbocycles. The lowest BCUT2D eigenvalue weighted by Gasteiger charge is -1.79. The lowest BCUT2D eigenvalue weighted by atomic mass is 10.3. The van der Waals surface area contributed by atoms with Crippen molar-refractivity contribution in [3.8, 4) is 0 Å². The monoisotopic (exact) mass is 132 g/mol. The maximum Gasteiger partial charge on any atom is -0.0538 e. The Hall–Kier alpha value is 0. The molecule has 0 radical (unpaired) electrons. The molecule has 0 heterocycles. The smallest absolute Gasteiger partial charge is 0.0538 e. The van der Waals surface area contributed by atoms with Crippen LogP contribution in [0.15, 0.2) is 0 Å². The Morgan fingerprint density at radius 2 is 1.00 bits per heavy atom. The third kappa shape index (κ3) is 72.0. The molecule has 0 fully saturated rings. The third-order valence-electron chi connectivity index (χ3n) is 0.707. The van der Waals surface area contributed by atoms with E-state index in [1.807, 2.05) is 0 Å². The highest BCUT2D eigenvalue weighted by Gasteiger charge is 1.68. The molecule has 0 aromatic rings. The van der Waals surface area contributed by atoms with Crippen LogP contribution < -0.4 is 0 Å². The van der Waals surface area contributed by atoms with E-state index in [0.29, 0.717) is 0 Å². The van der Waals surface area contributed by atoms with Gasteiger partial charge in [0.1, 0.15) is 0 Å². The van der Waals surface area contributed by atoms with Crippen LogP contribution in [0.2, 0.25) is 0 Å². The van der Waals surface area contributed by atoms with Crippen molar-refractivity contribution in [2.24, 2.45) is 0 Å². The standard InChI is InChI=1S/C5H12.C3H8.CH4/c1-3-5-4-2;1-3-2;/h3-5H2,1-2H3;3H2,1-2H3;1H4. The van der Waals surface area contributed by atoms with Gasteiger partial charge in [0.25, 0.3) is 0 Å². The zero-order valence-corrected chi connectivity index (χ0v) is 6.83. The van der Waals surface area contributed by atoms with E-state index in [1.165, 1.54) is 25.7 Å². The van der Waals surface area contributed by atoms with Crippen molar-refractivity contribution in [2.75, 3.05) is 0 Å². The summed E-state index contributed by atoms with van der Waals surface area (Å²) in [5.41, 5.74) is 0. The minimum Gasteiger partial charge on any atom is -0.0776 e. The summed E-state index contributed by atoms with van der Waals surface area (Å²) in [5, 5.41) is 0. The van der Waals surface area contributed by atoms with Gasteiger partial charge in [0.15, 0.2) is 0 Å². The van der Waals surface area contributed by atoms with Crippen molar-refractivity contribution in [1.82, 2.24) is 0 Å². The molecule has 0 atom stereocenters. The molecule has 0 aliphatic heterocycles. The summed E-state index contributed by atoms with van der Waals surface area (Å²) in [5.74, 6) is 0. The van der Waals surface area contributed by atoms with Crippen LogP contribution in [0.5, 0.6) is 0 Å². The zero-order chi connectivity index (χ0) is 6.83. The second kappa shape index (κ2) is 24.5. The molecule has 0 rings (SSSR count). The zero-order valence-electron chi connectivity index (χ0n) is 6.83. The van der Waals surface area contributed by atoms with E-state index in [0.717, 1.165) is 0 Å². The van der Waals surface area contributed by atoms with Gasteiger partial charge in [0.05, 0.1) is 0 Å². The third-order valence-corrected chi connectivity index (χ3v) is 0.707. The minimum atomic E-state index is 0. The van der Waals surface area contributed by atoms with E-state index in [2.05, 4.69) is 27.7 Å². The summed E-state index contributed by atoms with van der Waals surface area (Å²) < 4.78 is 0. The first-order chi connectivity index (χ1) is 3.83. The first-order valence-electron chi connectivity index (χ1n) is 3.83. The lowest BCUT2D eigenvalue weighted by Crippen LogP contribution is -1.59. The van der Waals surface area contributed by atoms with Crippen LogP contribution in [0.25, 0.3) is 0 Å². The molecule has 0 heteroatoms. The first-order valence-corrected chi connectivity index (χ1v) is 3.83. The van der Waals surface area contributed by atoms with E-state index >= 15 is 0 Å². The van der Waals surface area contributed by atoms with Gasteiger partial charge in [-0.2, -0.15) is 0 Å². The molecule has 0 saturated carbocycles. The van der Waals surface area contributed by atoms with E-state index in [4.69, 9.17) is 0 Å². The topological polar surface area (TPSA) is 0 Å². The predicted octanol–water partition coefficient (Wildman–Crippen LogP) is 4.25. The minimum absolute atomic E-state index is 0. The van der Waals surface area contributed by atoms with Crippen molar-refractivity contribution < 1.29 is 0 Å². The number of hydrogen-bond donors (Lipinski definition) is 0. The van der Waals surface area contributed by atoms with Crippen LogP contribution in [-0.2, 0) is 0 Å². The molecule has 60 valence electrons. The molecule has 0 bridgehead atoms. The second-order valence-corrected chi connectivity index (χ2v) is 2.06. The molecule has 0 amide bonds. The van der Waals surface area contributed by atoms with E-state index in [9.17, 15) is 0 Å². The van der Waals surface area contributed by atoms with Gasteiger partial charge in [-0.15, -0.1) is 0 Å². The lowest BCUT2D eigenvalue weighted by molar-refractivity contribution is 0.772. The van der Waals surface area contributed by atoms with Crippen LogP contribution in [-0.4, -0.2) is 0 Å². The van der Waals surface area contributed by atoms with Crippen LogP contribution in [0.1, 0.15) is 60.8 Å². The van der Waals surface area contributed by atoms with Crippen LogP contribution in [0, 0.1) is 0 Å². The fourth-order valence-corrected chi connectivity index (χ4v) is 0.354. The van der Waals surface area contributed by atoms with Gasteiger partial charge in [0, 0.05) is 0 Å². The second-order valence-electron chi connectivity index (χ2n) is 2.06. The predicted molar refractivity (Wildman–Crippen MR) is 47.9 cm³/mol. The summed E-state index contributed by atoms with van der Waals surface area (Å²) in [7, 11) is 0. The SMILES string of the molecule is C.CCC.CCCCC. The average Bonchev–Trinajstić information content (AvgIpc) is 1.71. The van der Waals surface area contributed by atoms with Crippen LogP contribution >= 0.6 is 0 Å². The quantitative estimate of drug-likeness (QED) is 0.527. The van der Waals surface area contributed by atoms with Gasteiger partial charge in [-0.25, -0.2) is 0 Å². The van der Waals surface area contributed by atoms with Gasteiger partial charge in [0.2, 0.25) is 0 Å². The van der Waals surface area contributed by atoms with Gasteiger partial charge in [-0.1, -0.05) is 60.8 Å². The maximum absolute atomic E-state index is 2.21. The molecule has 0 nitrogen and oxygen atoms in total. The molecule has 0 spiro atoms. The fourth-order valence-electron chi connectivity index (χ4n) is 0.354. The normalized spacial score (nSPS) is 6.67. The molecule has 0 unspecified atom stereocenters. The van der Waals surface area contributed by atoms with E-state index in [1.54, 1.807) is 0 Å². The largest absolute Gasteiger partial charge is 0.0776 e. The van der Waals surface area contributed by atoms with Crippen LogP contribution in [0.3, 0.4) is 0 Å². The summed E-state index contributed by atoms with van der Waals surface area (Å²) >= 11 is 0. The van der Waals surface area contributed by atoms with Crippen molar-refractivity contribution in [2.45, 2.75) is 60.8 Å². The molecule has 0 aliphatic rings. The van der Waals surface area contributed by atoms with Gasteiger partial charge < -0.3 is 0 Å². The van der Waals surface area contributed by atoms with Crippen molar-refractivity contribution >= 4 is 0 Å². The van der Waals surface area contributed by atoms with Gasteiger partial charge in [-0.3, -0.25) is 0 Å². The van der Waals surface area contributed by atoms with E-state index < -0.39 is 0 Å². The Bertz CT molecular complexity index is 14.0. The fraction of sp³-hybridized carbons (Fsp3) is 1.00. The Kier molecular flexibility index (Phi) is 43.6. The number of unbranched alkanes of at least 4 members (excludes halogenated alkanes) is 2. The Balaban J connectivity index is -0.0000000800.